The summed E-state index contributed by atoms with van der Waals surface area (Å²) in [6.45, 7) is 1.72. The van der Waals surface area contributed by atoms with E-state index in [1.807, 2.05) is 30.3 Å². The summed E-state index contributed by atoms with van der Waals surface area (Å²) in [6, 6.07) is 16.1. The lowest BCUT2D eigenvalue weighted by Gasteiger charge is -2.21. The van der Waals surface area contributed by atoms with Gasteiger partial charge in [-0.1, -0.05) is 28.1 Å². The van der Waals surface area contributed by atoms with E-state index >= 15 is 0 Å². The van der Waals surface area contributed by atoms with Crippen molar-refractivity contribution in [2.45, 2.75) is 13.3 Å². The number of benzene rings is 2. The van der Waals surface area contributed by atoms with Gasteiger partial charge in [-0.3, -0.25) is 9.59 Å². The lowest BCUT2D eigenvalue weighted by atomic mass is 10.2. The fourth-order valence-electron chi connectivity index (χ4n) is 2.21. The number of hydrogen-bond acceptors (Lipinski definition) is 3. The molecular weight excluding hydrogens is 370 g/mol. The molecule has 0 aliphatic carbocycles. The quantitative estimate of drug-likeness (QED) is 0.852. The third kappa shape index (κ3) is 4.67. The second kappa shape index (κ2) is 8.27. The second-order valence-electron chi connectivity index (χ2n) is 5.10. The first-order valence-corrected chi connectivity index (χ1v) is 8.13. The first-order chi connectivity index (χ1) is 11.5. The van der Waals surface area contributed by atoms with Crippen molar-refractivity contribution in [1.82, 2.24) is 0 Å². The van der Waals surface area contributed by atoms with Gasteiger partial charge < -0.3 is 10.2 Å². The van der Waals surface area contributed by atoms with Gasteiger partial charge in [0.15, 0.2) is 0 Å². The lowest BCUT2D eigenvalue weighted by Crippen LogP contribution is -2.32. The largest absolute Gasteiger partial charge is 0.325 e. The van der Waals surface area contributed by atoms with E-state index in [1.54, 1.807) is 29.2 Å². The van der Waals surface area contributed by atoms with Crippen molar-refractivity contribution in [2.75, 3.05) is 16.8 Å². The summed E-state index contributed by atoms with van der Waals surface area (Å²) in [5, 5.41) is 11.7. The number of carbonyl (C=O) groups is 2. The number of para-hydroxylation sites is 1. The number of anilines is 2. The molecule has 2 rings (SSSR count). The van der Waals surface area contributed by atoms with Gasteiger partial charge in [0.1, 0.15) is 6.07 Å². The minimum absolute atomic E-state index is 0.134. The zero-order chi connectivity index (χ0) is 17.5. The zero-order valence-electron chi connectivity index (χ0n) is 13.1. The SMILES string of the molecule is CC(=O)N(CCC(=O)Nc1ccccc1C#N)c1ccc(Br)cc1. The minimum Gasteiger partial charge on any atom is -0.325 e. The van der Waals surface area contributed by atoms with Crippen LogP contribution in [0.2, 0.25) is 0 Å². The number of rotatable bonds is 5. The third-order valence-electron chi connectivity index (χ3n) is 3.40. The summed E-state index contributed by atoms with van der Waals surface area (Å²) in [4.78, 5) is 25.5. The van der Waals surface area contributed by atoms with Crippen molar-refractivity contribution in [3.8, 4) is 6.07 Å². The van der Waals surface area contributed by atoms with Crippen LogP contribution in [0.3, 0.4) is 0 Å². The maximum atomic E-state index is 12.1. The number of hydrogen-bond donors (Lipinski definition) is 1. The van der Waals surface area contributed by atoms with Gasteiger partial charge in [0.05, 0.1) is 11.3 Å². The molecule has 6 heteroatoms. The van der Waals surface area contributed by atoms with Crippen LogP contribution in [0.25, 0.3) is 0 Å². The Kier molecular flexibility index (Phi) is 6.10. The summed E-state index contributed by atoms with van der Waals surface area (Å²) < 4.78 is 0.917. The van der Waals surface area contributed by atoms with Gasteiger partial charge in [0, 0.05) is 30.0 Å². The smallest absolute Gasteiger partial charge is 0.226 e. The fourth-order valence-corrected chi connectivity index (χ4v) is 2.47. The molecule has 0 bridgehead atoms. The van der Waals surface area contributed by atoms with Gasteiger partial charge in [0.25, 0.3) is 0 Å². The van der Waals surface area contributed by atoms with Gasteiger partial charge in [-0.05, 0) is 36.4 Å². The second-order valence-corrected chi connectivity index (χ2v) is 6.02. The standard InChI is InChI=1S/C18H16BrN3O2/c1-13(23)22(16-8-6-15(19)7-9-16)11-10-18(24)21-17-5-3-2-4-14(17)12-20/h2-9H,10-11H2,1H3,(H,21,24). The van der Waals surface area contributed by atoms with Crippen LogP contribution < -0.4 is 10.2 Å². The first kappa shape index (κ1) is 17.7. The number of nitrogens with zero attached hydrogens (tertiary/aromatic N) is 2. The van der Waals surface area contributed by atoms with Crippen molar-refractivity contribution in [1.29, 1.82) is 5.26 Å². The molecule has 0 saturated heterocycles. The zero-order valence-corrected chi connectivity index (χ0v) is 14.7. The van der Waals surface area contributed by atoms with Crippen molar-refractivity contribution in [2.24, 2.45) is 0 Å². The van der Waals surface area contributed by atoms with E-state index in [4.69, 9.17) is 5.26 Å². The van der Waals surface area contributed by atoms with Gasteiger partial charge in [-0.15, -0.1) is 0 Å². The van der Waals surface area contributed by atoms with E-state index in [-0.39, 0.29) is 24.8 Å². The van der Waals surface area contributed by atoms with Crippen LogP contribution in [0.4, 0.5) is 11.4 Å². The first-order valence-electron chi connectivity index (χ1n) is 7.34. The molecule has 24 heavy (non-hydrogen) atoms. The number of nitriles is 1. The van der Waals surface area contributed by atoms with E-state index in [1.165, 1.54) is 6.92 Å². The van der Waals surface area contributed by atoms with E-state index in [9.17, 15) is 9.59 Å². The number of amides is 2. The highest BCUT2D eigenvalue weighted by Crippen LogP contribution is 2.19. The Morgan fingerprint density at radius 2 is 1.83 bits per heavy atom. The van der Waals surface area contributed by atoms with Crippen LogP contribution in [0, 0.1) is 11.3 Å². The van der Waals surface area contributed by atoms with Crippen LogP contribution in [-0.2, 0) is 9.59 Å². The van der Waals surface area contributed by atoms with Gasteiger partial charge in [-0.2, -0.15) is 5.26 Å². The molecule has 0 radical (unpaired) electrons. The molecule has 2 aromatic carbocycles. The van der Waals surface area contributed by atoms with Crippen molar-refractivity contribution < 1.29 is 9.59 Å². The summed E-state index contributed by atoms with van der Waals surface area (Å²) >= 11 is 3.35. The molecule has 0 fully saturated rings. The Morgan fingerprint density at radius 3 is 2.46 bits per heavy atom. The number of halogens is 1. The van der Waals surface area contributed by atoms with Gasteiger partial charge >= 0.3 is 0 Å². The van der Waals surface area contributed by atoms with E-state index in [0.29, 0.717) is 11.3 Å². The lowest BCUT2D eigenvalue weighted by molar-refractivity contribution is -0.117. The monoisotopic (exact) mass is 385 g/mol. The van der Waals surface area contributed by atoms with E-state index in [2.05, 4.69) is 21.2 Å². The van der Waals surface area contributed by atoms with Crippen LogP contribution >= 0.6 is 15.9 Å². The summed E-state index contributed by atoms with van der Waals surface area (Å²) in [7, 11) is 0. The van der Waals surface area contributed by atoms with Crippen molar-refractivity contribution in [3.63, 3.8) is 0 Å². The molecule has 2 aromatic rings. The van der Waals surface area contributed by atoms with Crippen LogP contribution in [-0.4, -0.2) is 18.4 Å². The Hall–Kier alpha value is -2.65. The summed E-state index contributed by atoms with van der Waals surface area (Å²) in [6.07, 6.45) is 0.134. The third-order valence-corrected chi connectivity index (χ3v) is 3.93. The van der Waals surface area contributed by atoms with Crippen LogP contribution in [0.15, 0.2) is 53.0 Å². The van der Waals surface area contributed by atoms with Gasteiger partial charge in [0.2, 0.25) is 11.8 Å². The normalized spacial score (nSPS) is 9.88. The highest BCUT2D eigenvalue weighted by molar-refractivity contribution is 9.10. The Morgan fingerprint density at radius 1 is 1.17 bits per heavy atom. The van der Waals surface area contributed by atoms with Crippen LogP contribution in [0.1, 0.15) is 18.9 Å². The highest BCUT2D eigenvalue weighted by atomic mass is 79.9. The van der Waals surface area contributed by atoms with Crippen molar-refractivity contribution >= 4 is 39.1 Å². The molecule has 1 N–H and O–H groups in total. The summed E-state index contributed by atoms with van der Waals surface area (Å²) in [5.41, 5.74) is 1.61. The maximum Gasteiger partial charge on any atom is 0.226 e. The molecule has 0 aliphatic rings. The molecule has 0 spiro atoms. The molecule has 0 atom stereocenters. The minimum atomic E-state index is -0.249. The molecule has 5 nitrogen and oxygen atoms in total. The molecule has 0 heterocycles. The average molecular weight is 386 g/mol. The molecular formula is C18H16BrN3O2. The number of nitrogens with one attached hydrogen (secondary N) is 1. The predicted molar refractivity (Wildman–Crippen MR) is 96.6 cm³/mol. The molecule has 0 aromatic heterocycles. The topological polar surface area (TPSA) is 73.2 Å². The molecule has 122 valence electrons. The Balaban J connectivity index is 2.02. The molecule has 0 aliphatic heterocycles. The maximum absolute atomic E-state index is 12.1. The Labute approximate surface area is 149 Å². The predicted octanol–water partition coefficient (Wildman–Crippen LogP) is 3.70. The van der Waals surface area contributed by atoms with Gasteiger partial charge in [-0.25, -0.2) is 0 Å². The Bertz CT molecular complexity index is 782. The van der Waals surface area contributed by atoms with E-state index < -0.39 is 0 Å². The summed E-state index contributed by atoms with van der Waals surface area (Å²) in [5.74, 6) is -0.386. The molecule has 0 saturated carbocycles. The fraction of sp³-hybridized carbons (Fsp3) is 0.167. The van der Waals surface area contributed by atoms with Crippen molar-refractivity contribution in [3.05, 3.63) is 58.6 Å². The molecule has 2 amide bonds. The highest BCUT2D eigenvalue weighted by Gasteiger charge is 2.14. The van der Waals surface area contributed by atoms with E-state index in [0.717, 1.165) is 10.2 Å². The molecule has 0 unspecified atom stereocenters. The van der Waals surface area contributed by atoms with Crippen LogP contribution in [0.5, 0.6) is 0 Å². The number of carbonyl (C=O) groups excluding carboxylic acids is 2. The average Bonchev–Trinajstić information content (AvgIpc) is 2.57.